The Bertz CT molecular complexity index is 296. The van der Waals surface area contributed by atoms with Gasteiger partial charge < -0.3 is 10.5 Å². The summed E-state index contributed by atoms with van der Waals surface area (Å²) >= 11 is 0. The van der Waals surface area contributed by atoms with Crippen LogP contribution in [-0.4, -0.2) is 12.6 Å². The van der Waals surface area contributed by atoms with Crippen molar-refractivity contribution in [2.75, 3.05) is 6.54 Å². The molecule has 1 aromatic rings. The summed E-state index contributed by atoms with van der Waals surface area (Å²) < 4.78 is 5.57. The van der Waals surface area contributed by atoms with Gasteiger partial charge in [0, 0.05) is 0 Å². The lowest BCUT2D eigenvalue weighted by molar-refractivity contribution is 0.0656. The van der Waals surface area contributed by atoms with E-state index in [1.54, 1.807) is 0 Å². The summed E-state index contributed by atoms with van der Waals surface area (Å²) in [5.74, 6) is 0.420. The second-order valence-corrected chi connectivity index (χ2v) is 4.24. The Kier molecular flexibility index (Phi) is 4.79. The maximum atomic E-state index is 5.65. The molecule has 1 atom stereocenters. The van der Waals surface area contributed by atoms with E-state index in [4.69, 9.17) is 10.5 Å². The van der Waals surface area contributed by atoms with Crippen LogP contribution in [-0.2, 0) is 11.3 Å². The van der Waals surface area contributed by atoms with E-state index in [2.05, 4.69) is 31.2 Å². The molecule has 0 aromatic heterocycles. The molecule has 1 aromatic carbocycles. The van der Waals surface area contributed by atoms with Crippen molar-refractivity contribution >= 4 is 0 Å². The first kappa shape index (κ1) is 12.2. The molecule has 1 rings (SSSR count). The summed E-state index contributed by atoms with van der Waals surface area (Å²) in [7, 11) is 0. The maximum Gasteiger partial charge on any atom is 0.0720 e. The zero-order chi connectivity index (χ0) is 11.3. The van der Waals surface area contributed by atoms with Crippen molar-refractivity contribution < 1.29 is 4.74 Å². The molecule has 0 aliphatic carbocycles. The van der Waals surface area contributed by atoms with E-state index in [0.717, 1.165) is 0 Å². The van der Waals surface area contributed by atoms with E-state index >= 15 is 0 Å². The Morgan fingerprint density at radius 3 is 2.60 bits per heavy atom. The molecular formula is C13H21NO. The third-order valence-corrected chi connectivity index (χ3v) is 2.46. The molecule has 84 valence electrons. The Morgan fingerprint density at radius 1 is 1.27 bits per heavy atom. The van der Waals surface area contributed by atoms with E-state index in [0.29, 0.717) is 19.1 Å². The van der Waals surface area contributed by atoms with E-state index in [1.807, 2.05) is 13.8 Å². The molecule has 15 heavy (non-hydrogen) atoms. The predicted octanol–water partition coefficient (Wildman–Crippen LogP) is 2.67. The standard InChI is InChI=1S/C13H21NO/c1-10(2)15-9-12-5-4-6-13(7-12)11(3)8-14/h4-7,10-11H,8-9,14H2,1-3H3. The van der Waals surface area contributed by atoms with Crippen molar-refractivity contribution in [3.63, 3.8) is 0 Å². The summed E-state index contributed by atoms with van der Waals surface area (Å²) in [5, 5.41) is 0. The smallest absolute Gasteiger partial charge is 0.0720 e. The Balaban J connectivity index is 2.65. The summed E-state index contributed by atoms with van der Waals surface area (Å²) in [5.41, 5.74) is 8.16. The van der Waals surface area contributed by atoms with Gasteiger partial charge in [-0.05, 0) is 37.4 Å². The van der Waals surface area contributed by atoms with Crippen molar-refractivity contribution in [3.8, 4) is 0 Å². The van der Waals surface area contributed by atoms with Crippen LogP contribution < -0.4 is 5.73 Å². The summed E-state index contributed by atoms with van der Waals surface area (Å²) in [6.45, 7) is 7.61. The molecule has 0 spiro atoms. The number of hydrogen-bond donors (Lipinski definition) is 1. The lowest BCUT2D eigenvalue weighted by Gasteiger charge is -2.12. The number of hydrogen-bond acceptors (Lipinski definition) is 2. The number of rotatable bonds is 5. The van der Waals surface area contributed by atoms with Gasteiger partial charge in [-0.1, -0.05) is 31.2 Å². The van der Waals surface area contributed by atoms with Gasteiger partial charge in [0.25, 0.3) is 0 Å². The fraction of sp³-hybridized carbons (Fsp3) is 0.538. The molecular weight excluding hydrogens is 186 g/mol. The molecule has 2 nitrogen and oxygen atoms in total. The van der Waals surface area contributed by atoms with Crippen LogP contribution in [0.15, 0.2) is 24.3 Å². The second-order valence-electron chi connectivity index (χ2n) is 4.24. The third-order valence-electron chi connectivity index (χ3n) is 2.46. The van der Waals surface area contributed by atoms with Gasteiger partial charge in [0.05, 0.1) is 12.7 Å². The lowest BCUT2D eigenvalue weighted by Crippen LogP contribution is -2.09. The van der Waals surface area contributed by atoms with Gasteiger partial charge >= 0.3 is 0 Å². The van der Waals surface area contributed by atoms with Crippen molar-refractivity contribution in [1.82, 2.24) is 0 Å². The van der Waals surface area contributed by atoms with Crippen molar-refractivity contribution in [2.24, 2.45) is 5.73 Å². The average Bonchev–Trinajstić information content (AvgIpc) is 2.25. The highest BCUT2D eigenvalue weighted by molar-refractivity contribution is 5.25. The van der Waals surface area contributed by atoms with Gasteiger partial charge in [-0.15, -0.1) is 0 Å². The normalized spacial score (nSPS) is 13.1. The van der Waals surface area contributed by atoms with Crippen LogP contribution >= 0.6 is 0 Å². The minimum atomic E-state index is 0.278. The van der Waals surface area contributed by atoms with Crippen molar-refractivity contribution in [2.45, 2.75) is 39.4 Å². The van der Waals surface area contributed by atoms with E-state index in [-0.39, 0.29) is 6.10 Å². The van der Waals surface area contributed by atoms with Gasteiger partial charge in [0.1, 0.15) is 0 Å². The zero-order valence-electron chi connectivity index (χ0n) is 9.86. The maximum absolute atomic E-state index is 5.65. The van der Waals surface area contributed by atoms with Crippen LogP contribution in [0.2, 0.25) is 0 Å². The highest BCUT2D eigenvalue weighted by Gasteiger charge is 2.04. The van der Waals surface area contributed by atoms with Crippen LogP contribution in [0.25, 0.3) is 0 Å². The van der Waals surface area contributed by atoms with Crippen LogP contribution in [0, 0.1) is 0 Å². The molecule has 0 aliphatic rings. The van der Waals surface area contributed by atoms with E-state index in [9.17, 15) is 0 Å². The molecule has 0 aliphatic heterocycles. The highest BCUT2D eigenvalue weighted by Crippen LogP contribution is 2.16. The Morgan fingerprint density at radius 2 is 2.00 bits per heavy atom. The monoisotopic (exact) mass is 207 g/mol. The van der Waals surface area contributed by atoms with Crippen LogP contribution in [0.3, 0.4) is 0 Å². The largest absolute Gasteiger partial charge is 0.374 e. The Hall–Kier alpha value is -0.860. The average molecular weight is 207 g/mol. The lowest BCUT2D eigenvalue weighted by atomic mass is 9.99. The minimum Gasteiger partial charge on any atom is -0.374 e. The SMILES string of the molecule is CC(C)OCc1cccc(C(C)CN)c1. The fourth-order valence-electron chi connectivity index (χ4n) is 1.39. The number of nitrogens with two attached hydrogens (primary N) is 1. The quantitative estimate of drug-likeness (QED) is 0.805. The van der Waals surface area contributed by atoms with Crippen molar-refractivity contribution in [1.29, 1.82) is 0 Å². The Labute approximate surface area is 92.4 Å². The summed E-state index contributed by atoms with van der Waals surface area (Å²) in [6.07, 6.45) is 0.278. The molecule has 0 amide bonds. The van der Waals surface area contributed by atoms with Crippen LogP contribution in [0.5, 0.6) is 0 Å². The van der Waals surface area contributed by atoms with Gasteiger partial charge in [0.15, 0.2) is 0 Å². The summed E-state index contributed by atoms with van der Waals surface area (Å²) in [4.78, 5) is 0. The molecule has 0 saturated heterocycles. The first-order chi connectivity index (χ1) is 7.13. The molecule has 0 heterocycles. The third kappa shape index (κ3) is 4.02. The number of ether oxygens (including phenoxy) is 1. The van der Waals surface area contributed by atoms with E-state index in [1.165, 1.54) is 11.1 Å². The van der Waals surface area contributed by atoms with Crippen molar-refractivity contribution in [3.05, 3.63) is 35.4 Å². The molecule has 0 fully saturated rings. The predicted molar refractivity (Wildman–Crippen MR) is 63.8 cm³/mol. The molecule has 2 heteroatoms. The minimum absolute atomic E-state index is 0.278. The molecule has 2 N–H and O–H groups in total. The topological polar surface area (TPSA) is 35.2 Å². The fourth-order valence-corrected chi connectivity index (χ4v) is 1.39. The molecule has 1 unspecified atom stereocenters. The second kappa shape index (κ2) is 5.89. The molecule has 0 bridgehead atoms. The van der Waals surface area contributed by atoms with Gasteiger partial charge in [-0.2, -0.15) is 0 Å². The summed E-state index contributed by atoms with van der Waals surface area (Å²) in [6, 6.07) is 8.46. The first-order valence-electron chi connectivity index (χ1n) is 5.54. The van der Waals surface area contributed by atoms with Gasteiger partial charge in [0.2, 0.25) is 0 Å². The highest BCUT2D eigenvalue weighted by atomic mass is 16.5. The molecule has 0 radical (unpaired) electrons. The number of benzene rings is 1. The first-order valence-corrected chi connectivity index (χ1v) is 5.54. The molecule has 0 saturated carbocycles. The van der Waals surface area contributed by atoms with Crippen LogP contribution in [0.4, 0.5) is 0 Å². The van der Waals surface area contributed by atoms with Crippen LogP contribution in [0.1, 0.15) is 37.8 Å². The van der Waals surface area contributed by atoms with E-state index < -0.39 is 0 Å². The van der Waals surface area contributed by atoms with Gasteiger partial charge in [-0.25, -0.2) is 0 Å². The van der Waals surface area contributed by atoms with Gasteiger partial charge in [-0.3, -0.25) is 0 Å². The zero-order valence-corrected chi connectivity index (χ0v) is 9.86.